The monoisotopic (exact) mass is 374 g/mol. The number of hydrogen-bond donors (Lipinski definition) is 2. The lowest BCUT2D eigenvalue weighted by atomic mass is 10.3. The fourth-order valence-electron chi connectivity index (χ4n) is 1.33. The van der Waals surface area contributed by atoms with Gasteiger partial charge in [0.15, 0.2) is 0 Å². The second kappa shape index (κ2) is 14.2. The van der Waals surface area contributed by atoms with Gasteiger partial charge in [-0.15, -0.1) is 24.5 Å². The minimum atomic E-state index is 0.567. The van der Waals surface area contributed by atoms with Crippen molar-refractivity contribution < 1.29 is 9.47 Å². The first-order valence-corrected chi connectivity index (χ1v) is 11.4. The molecule has 0 saturated heterocycles. The Morgan fingerprint density at radius 3 is 1.09 bits per heavy atom. The predicted molar refractivity (Wildman–Crippen MR) is 111 cm³/mol. The normalized spacial score (nSPS) is 9.91. The topological polar surface area (TPSA) is 18.5 Å². The molecule has 2 unspecified atom stereocenters. The molecule has 0 amide bonds. The first-order valence-electron chi connectivity index (χ1n) is 6.81. The molecule has 0 N–H and O–H groups in total. The van der Waals surface area contributed by atoms with E-state index >= 15 is 0 Å². The summed E-state index contributed by atoms with van der Waals surface area (Å²) in [6.45, 7) is 4.00. The van der Waals surface area contributed by atoms with Crippen molar-refractivity contribution in [3.63, 3.8) is 0 Å². The third-order valence-electron chi connectivity index (χ3n) is 2.44. The van der Waals surface area contributed by atoms with Crippen molar-refractivity contribution in [3.05, 3.63) is 48.5 Å². The Balaban J connectivity index is 0.000000360. The molecule has 0 spiro atoms. The van der Waals surface area contributed by atoms with Crippen molar-refractivity contribution in [1.29, 1.82) is 0 Å². The van der Waals surface area contributed by atoms with E-state index in [0.717, 1.165) is 11.5 Å². The van der Waals surface area contributed by atoms with Crippen molar-refractivity contribution in [2.75, 3.05) is 14.2 Å². The fraction of sp³-hybridized carbons (Fsp3) is 0.250. The van der Waals surface area contributed by atoms with Crippen molar-refractivity contribution in [3.8, 4) is 11.5 Å². The van der Waals surface area contributed by atoms with E-state index in [1.54, 1.807) is 14.2 Å². The van der Waals surface area contributed by atoms with E-state index in [9.17, 15) is 0 Å². The summed E-state index contributed by atoms with van der Waals surface area (Å²) in [5.74, 6) is 1.80. The van der Waals surface area contributed by atoms with Crippen LogP contribution >= 0.6 is 40.1 Å². The fourth-order valence-corrected chi connectivity index (χ4v) is 2.86. The Labute approximate surface area is 148 Å². The average Bonchev–Trinajstić information content (AvgIpc) is 2.64. The largest absolute Gasteiger partial charge is 0.497 e. The van der Waals surface area contributed by atoms with Gasteiger partial charge in [-0.2, -0.15) is 0 Å². The zero-order chi connectivity index (χ0) is 16.8. The number of hydrogen-bond acceptors (Lipinski definition) is 4. The minimum Gasteiger partial charge on any atom is -0.497 e. The van der Waals surface area contributed by atoms with Gasteiger partial charge in [0, 0.05) is 0 Å². The second-order valence-electron chi connectivity index (χ2n) is 3.68. The molecule has 0 aromatic heterocycles. The van der Waals surface area contributed by atoms with Crippen LogP contribution in [-0.2, 0) is 0 Å². The van der Waals surface area contributed by atoms with E-state index in [4.69, 9.17) is 9.47 Å². The molecule has 0 aliphatic heterocycles. The van der Waals surface area contributed by atoms with E-state index in [2.05, 4.69) is 24.5 Å². The molecule has 0 aliphatic carbocycles. The number of methoxy groups -OCH3 is 2. The number of ether oxygens (including phenoxy) is 2. The highest BCUT2D eigenvalue weighted by Gasteiger charge is 1.90. The van der Waals surface area contributed by atoms with E-state index in [1.807, 2.05) is 62.4 Å². The maximum Gasteiger partial charge on any atom is 0.118 e. The minimum absolute atomic E-state index is 0.567. The van der Waals surface area contributed by atoms with Crippen LogP contribution in [0.25, 0.3) is 0 Å². The number of benzene rings is 2. The molecule has 0 aliphatic rings. The van der Waals surface area contributed by atoms with Crippen molar-refractivity contribution in [1.82, 2.24) is 0 Å². The second-order valence-corrected chi connectivity index (χ2v) is 6.62. The third-order valence-corrected chi connectivity index (χ3v) is 5.17. The van der Waals surface area contributed by atoms with E-state index < -0.39 is 0 Å². The Bertz CT molecular complexity index is 397. The van der Waals surface area contributed by atoms with Gasteiger partial charge in [0.1, 0.15) is 11.5 Å². The smallest absolute Gasteiger partial charge is 0.118 e. The van der Waals surface area contributed by atoms with Crippen molar-refractivity contribution in [2.45, 2.75) is 13.8 Å². The Morgan fingerprint density at radius 2 is 0.909 bits per heavy atom. The van der Waals surface area contributed by atoms with Gasteiger partial charge >= 0.3 is 0 Å². The molecule has 0 heterocycles. The summed E-state index contributed by atoms with van der Waals surface area (Å²) in [6.07, 6.45) is 0. The quantitative estimate of drug-likeness (QED) is 0.596. The molecule has 2 aromatic carbocycles. The van der Waals surface area contributed by atoms with Crippen LogP contribution < -0.4 is 20.1 Å². The van der Waals surface area contributed by atoms with Crippen molar-refractivity contribution >= 4 is 50.7 Å². The average molecular weight is 374 g/mol. The van der Waals surface area contributed by atoms with Crippen LogP contribution in [0, 0.1) is 0 Å². The summed E-state index contributed by atoms with van der Waals surface area (Å²) in [5.41, 5.74) is 0. The van der Waals surface area contributed by atoms with Crippen LogP contribution in [0.15, 0.2) is 48.5 Å². The molecule has 0 saturated carbocycles. The van der Waals surface area contributed by atoms with Crippen LogP contribution in [-0.4, -0.2) is 14.2 Å². The molecule has 122 valence electrons. The molecule has 2 aromatic rings. The van der Waals surface area contributed by atoms with Gasteiger partial charge in [-0.25, -0.2) is 0 Å². The Hall–Kier alpha value is -0.400. The highest BCUT2D eigenvalue weighted by molar-refractivity contribution is 8.40. The maximum atomic E-state index is 4.99. The van der Waals surface area contributed by atoms with Crippen LogP contribution in [0.3, 0.4) is 0 Å². The molecule has 0 fully saturated rings. The molecule has 0 radical (unpaired) electrons. The van der Waals surface area contributed by atoms with Crippen molar-refractivity contribution in [2.24, 2.45) is 0 Å². The summed E-state index contributed by atoms with van der Waals surface area (Å²) in [4.78, 5) is 0. The molecule has 2 atom stereocenters. The zero-order valence-electron chi connectivity index (χ0n) is 13.3. The lowest BCUT2D eigenvalue weighted by Gasteiger charge is -1.98. The van der Waals surface area contributed by atoms with E-state index in [-0.39, 0.29) is 0 Å². The third kappa shape index (κ3) is 8.90. The summed E-state index contributed by atoms with van der Waals surface area (Å²) in [6, 6.07) is 15.8. The highest BCUT2D eigenvalue weighted by atomic mass is 32.7. The SMILES string of the molecule is CC.COc1ccc(PS)cc1.COc1ccc(PS)cc1. The van der Waals surface area contributed by atoms with E-state index in [1.165, 1.54) is 10.6 Å². The van der Waals surface area contributed by atoms with Gasteiger partial charge in [-0.1, -0.05) is 38.1 Å². The standard InChI is InChI=1S/2C7H9OPS.C2H6/c2*1-8-6-2-4-7(9-10)5-3-6;1-2/h2*2-5,9-10H,1H3;1-2H3. The van der Waals surface area contributed by atoms with E-state index in [0.29, 0.717) is 15.6 Å². The summed E-state index contributed by atoms with van der Waals surface area (Å²) < 4.78 is 9.98. The lowest BCUT2D eigenvalue weighted by molar-refractivity contribution is 0.415. The molecular weight excluding hydrogens is 350 g/mol. The molecule has 2 rings (SSSR count). The zero-order valence-corrected chi connectivity index (χ0v) is 17.1. The molecule has 0 bridgehead atoms. The first kappa shape index (κ1) is 21.6. The van der Waals surface area contributed by atoms with Gasteiger partial charge in [0.05, 0.1) is 14.2 Å². The predicted octanol–water partition coefficient (Wildman–Crippen LogP) is 4.71. The lowest BCUT2D eigenvalue weighted by Crippen LogP contribution is -1.90. The molecule has 6 heteroatoms. The summed E-state index contributed by atoms with van der Waals surface area (Å²) in [7, 11) is 4.46. The molecule has 22 heavy (non-hydrogen) atoms. The van der Waals surface area contributed by atoms with Gasteiger partial charge in [-0.3, -0.25) is 0 Å². The summed E-state index contributed by atoms with van der Waals surface area (Å²) in [5, 5.41) is 2.48. The van der Waals surface area contributed by atoms with Crippen LogP contribution in [0.2, 0.25) is 0 Å². The van der Waals surface area contributed by atoms with Crippen LogP contribution in [0.4, 0.5) is 0 Å². The summed E-state index contributed by atoms with van der Waals surface area (Å²) >= 11 is 8.32. The number of rotatable bonds is 4. The Morgan fingerprint density at radius 1 is 0.636 bits per heavy atom. The van der Waals surface area contributed by atoms with Gasteiger partial charge in [0.2, 0.25) is 0 Å². The maximum absolute atomic E-state index is 4.99. The number of thiol groups is 2. The molecular formula is C16H24O2P2S2. The highest BCUT2D eigenvalue weighted by Crippen LogP contribution is 2.17. The van der Waals surface area contributed by atoms with Crippen LogP contribution in [0.5, 0.6) is 11.5 Å². The van der Waals surface area contributed by atoms with Gasteiger partial charge < -0.3 is 9.47 Å². The molecule has 2 nitrogen and oxygen atoms in total. The van der Waals surface area contributed by atoms with Gasteiger partial charge in [-0.05, 0) is 50.4 Å². The Kier molecular flexibility index (Phi) is 14.0. The van der Waals surface area contributed by atoms with Crippen LogP contribution in [0.1, 0.15) is 13.8 Å². The van der Waals surface area contributed by atoms with Gasteiger partial charge in [0.25, 0.3) is 0 Å². The first-order chi connectivity index (χ1) is 10.7.